The fourth-order valence-electron chi connectivity index (χ4n) is 1.58. The molecule has 0 aliphatic heterocycles. The SMILES string of the molecule is CC(C)c1nc(-c2ccccc2Br)nc(Cl)c1Br. The second-order valence-corrected chi connectivity index (χ2v) is 6.18. The Kier molecular flexibility index (Phi) is 4.41. The second kappa shape index (κ2) is 5.68. The Balaban J connectivity index is 2.63. The van der Waals surface area contributed by atoms with Crippen LogP contribution in [0.1, 0.15) is 25.5 Å². The molecule has 2 rings (SSSR count). The molecule has 0 saturated carbocycles. The van der Waals surface area contributed by atoms with Gasteiger partial charge in [-0.1, -0.05) is 59.6 Å². The van der Waals surface area contributed by atoms with E-state index in [4.69, 9.17) is 11.6 Å². The standard InChI is InChI=1S/C13H11Br2ClN2/c1-7(2)11-10(15)12(16)18-13(17-11)8-5-3-4-6-9(8)14/h3-7H,1-2H3. The van der Waals surface area contributed by atoms with Crippen molar-refractivity contribution in [1.29, 1.82) is 0 Å². The number of nitrogens with zero attached hydrogens (tertiary/aromatic N) is 2. The largest absolute Gasteiger partial charge is 0.231 e. The first-order chi connectivity index (χ1) is 8.50. The molecule has 1 aromatic carbocycles. The molecule has 0 saturated heterocycles. The minimum Gasteiger partial charge on any atom is -0.231 e. The van der Waals surface area contributed by atoms with E-state index in [9.17, 15) is 0 Å². The Hall–Kier alpha value is -0.450. The summed E-state index contributed by atoms with van der Waals surface area (Å²) in [4.78, 5) is 8.92. The van der Waals surface area contributed by atoms with Gasteiger partial charge in [-0.05, 0) is 27.9 Å². The second-order valence-electron chi connectivity index (χ2n) is 4.17. The molecule has 1 heterocycles. The molecule has 0 N–H and O–H groups in total. The van der Waals surface area contributed by atoms with Gasteiger partial charge in [0.1, 0.15) is 5.15 Å². The Morgan fingerprint density at radius 2 is 1.78 bits per heavy atom. The number of hydrogen-bond acceptors (Lipinski definition) is 2. The zero-order chi connectivity index (χ0) is 13.3. The van der Waals surface area contributed by atoms with Crippen molar-refractivity contribution in [3.63, 3.8) is 0 Å². The van der Waals surface area contributed by atoms with Crippen LogP contribution in [-0.2, 0) is 0 Å². The van der Waals surface area contributed by atoms with Crippen molar-refractivity contribution in [2.75, 3.05) is 0 Å². The topological polar surface area (TPSA) is 25.8 Å². The maximum absolute atomic E-state index is 6.15. The first kappa shape index (κ1) is 14.0. The van der Waals surface area contributed by atoms with E-state index in [-0.39, 0.29) is 5.92 Å². The Morgan fingerprint density at radius 3 is 2.39 bits per heavy atom. The summed E-state index contributed by atoms with van der Waals surface area (Å²) in [6, 6.07) is 7.84. The first-order valence-electron chi connectivity index (χ1n) is 5.48. The molecule has 18 heavy (non-hydrogen) atoms. The van der Waals surface area contributed by atoms with Crippen LogP contribution in [0.2, 0.25) is 5.15 Å². The smallest absolute Gasteiger partial charge is 0.162 e. The number of aromatic nitrogens is 2. The number of halogens is 3. The van der Waals surface area contributed by atoms with Crippen LogP contribution in [0.4, 0.5) is 0 Å². The third-order valence-corrected chi connectivity index (χ3v) is 4.47. The highest BCUT2D eigenvalue weighted by atomic mass is 79.9. The lowest BCUT2D eigenvalue weighted by Crippen LogP contribution is -2.00. The van der Waals surface area contributed by atoms with Crippen molar-refractivity contribution < 1.29 is 0 Å². The summed E-state index contributed by atoms with van der Waals surface area (Å²) >= 11 is 13.1. The summed E-state index contributed by atoms with van der Waals surface area (Å²) < 4.78 is 1.73. The molecule has 2 aromatic rings. The van der Waals surface area contributed by atoms with Gasteiger partial charge in [0, 0.05) is 10.0 Å². The van der Waals surface area contributed by atoms with Gasteiger partial charge >= 0.3 is 0 Å². The highest BCUT2D eigenvalue weighted by Gasteiger charge is 2.15. The van der Waals surface area contributed by atoms with E-state index in [0.29, 0.717) is 11.0 Å². The normalized spacial score (nSPS) is 11.0. The van der Waals surface area contributed by atoms with Crippen molar-refractivity contribution >= 4 is 43.5 Å². The van der Waals surface area contributed by atoms with Gasteiger partial charge in [0.15, 0.2) is 5.82 Å². The Labute approximate surface area is 128 Å². The Morgan fingerprint density at radius 1 is 1.11 bits per heavy atom. The summed E-state index contributed by atoms with van der Waals surface area (Å²) in [5, 5.41) is 0.444. The highest BCUT2D eigenvalue weighted by molar-refractivity contribution is 9.11. The fourth-order valence-corrected chi connectivity index (χ4v) is 2.86. The van der Waals surface area contributed by atoms with Crippen LogP contribution in [0.5, 0.6) is 0 Å². The summed E-state index contributed by atoms with van der Waals surface area (Å²) in [6.45, 7) is 4.15. The average Bonchev–Trinajstić information content (AvgIpc) is 2.33. The van der Waals surface area contributed by atoms with E-state index in [2.05, 4.69) is 55.7 Å². The lowest BCUT2D eigenvalue weighted by molar-refractivity contribution is 0.809. The molecule has 0 fully saturated rings. The molecule has 0 spiro atoms. The lowest BCUT2D eigenvalue weighted by atomic mass is 10.1. The summed E-state index contributed by atoms with van der Waals surface area (Å²) in [5.41, 5.74) is 1.86. The molecule has 1 aromatic heterocycles. The maximum Gasteiger partial charge on any atom is 0.162 e. The van der Waals surface area contributed by atoms with Gasteiger partial charge in [0.2, 0.25) is 0 Å². The van der Waals surface area contributed by atoms with E-state index in [1.165, 1.54) is 0 Å². The molecule has 0 bridgehead atoms. The van der Waals surface area contributed by atoms with E-state index in [1.807, 2.05) is 24.3 Å². The van der Waals surface area contributed by atoms with Crippen molar-refractivity contribution in [2.45, 2.75) is 19.8 Å². The molecule has 0 aliphatic carbocycles. The first-order valence-corrected chi connectivity index (χ1v) is 7.45. The molecule has 94 valence electrons. The Bertz CT molecular complexity index is 585. The molecule has 0 unspecified atom stereocenters. The predicted molar refractivity (Wildman–Crippen MR) is 82.0 cm³/mol. The summed E-state index contributed by atoms with van der Waals surface area (Å²) in [5.74, 6) is 0.917. The lowest BCUT2D eigenvalue weighted by Gasteiger charge is -2.11. The van der Waals surface area contributed by atoms with Gasteiger partial charge in [-0.15, -0.1) is 0 Å². The van der Waals surface area contributed by atoms with Crippen molar-refractivity contribution in [3.05, 3.63) is 44.1 Å². The fraction of sp³-hybridized carbons (Fsp3) is 0.231. The zero-order valence-corrected chi connectivity index (χ0v) is 13.8. The van der Waals surface area contributed by atoms with E-state index >= 15 is 0 Å². The van der Waals surface area contributed by atoms with Gasteiger partial charge in [-0.3, -0.25) is 0 Å². The number of rotatable bonds is 2. The quantitative estimate of drug-likeness (QED) is 0.638. The van der Waals surface area contributed by atoms with E-state index < -0.39 is 0 Å². The maximum atomic E-state index is 6.15. The summed E-state index contributed by atoms with van der Waals surface area (Å²) in [7, 11) is 0. The van der Waals surface area contributed by atoms with Crippen LogP contribution in [0.25, 0.3) is 11.4 Å². The third-order valence-electron chi connectivity index (χ3n) is 2.50. The molecule has 0 atom stereocenters. The minimum atomic E-state index is 0.279. The molecule has 0 radical (unpaired) electrons. The number of hydrogen-bond donors (Lipinski definition) is 0. The van der Waals surface area contributed by atoms with Crippen molar-refractivity contribution in [2.24, 2.45) is 0 Å². The average molecular weight is 391 g/mol. The molecule has 0 aliphatic rings. The van der Waals surface area contributed by atoms with Crippen LogP contribution in [-0.4, -0.2) is 9.97 Å². The predicted octanol–water partition coefficient (Wildman–Crippen LogP) is 5.45. The molecule has 0 amide bonds. The number of benzene rings is 1. The van der Waals surface area contributed by atoms with Crippen molar-refractivity contribution in [1.82, 2.24) is 9.97 Å². The zero-order valence-electron chi connectivity index (χ0n) is 9.92. The molecule has 2 nitrogen and oxygen atoms in total. The van der Waals surface area contributed by atoms with Crippen LogP contribution >= 0.6 is 43.5 Å². The van der Waals surface area contributed by atoms with Gasteiger partial charge in [0.05, 0.1) is 10.2 Å². The monoisotopic (exact) mass is 388 g/mol. The van der Waals surface area contributed by atoms with Gasteiger partial charge < -0.3 is 0 Å². The van der Waals surface area contributed by atoms with Crippen LogP contribution in [0, 0.1) is 0 Å². The minimum absolute atomic E-state index is 0.279. The molecular weight excluding hydrogens is 379 g/mol. The summed E-state index contributed by atoms with van der Waals surface area (Å²) in [6.07, 6.45) is 0. The van der Waals surface area contributed by atoms with E-state index in [1.54, 1.807) is 0 Å². The van der Waals surface area contributed by atoms with Gasteiger partial charge in [0.25, 0.3) is 0 Å². The molecular formula is C13H11Br2ClN2. The van der Waals surface area contributed by atoms with Crippen LogP contribution in [0.3, 0.4) is 0 Å². The van der Waals surface area contributed by atoms with E-state index in [0.717, 1.165) is 20.2 Å². The van der Waals surface area contributed by atoms with Crippen molar-refractivity contribution in [3.8, 4) is 11.4 Å². The van der Waals surface area contributed by atoms with Crippen LogP contribution in [0.15, 0.2) is 33.2 Å². The third kappa shape index (κ3) is 2.76. The highest BCUT2D eigenvalue weighted by Crippen LogP contribution is 2.33. The molecule has 5 heteroatoms. The van der Waals surface area contributed by atoms with Gasteiger partial charge in [-0.25, -0.2) is 9.97 Å². The van der Waals surface area contributed by atoms with Gasteiger partial charge in [-0.2, -0.15) is 0 Å². The van der Waals surface area contributed by atoms with Crippen LogP contribution < -0.4 is 0 Å².